The van der Waals surface area contributed by atoms with Crippen LogP contribution < -0.4 is 0 Å². The van der Waals surface area contributed by atoms with Crippen LogP contribution in [-0.4, -0.2) is 16.9 Å². The lowest BCUT2D eigenvalue weighted by atomic mass is 9.42. The molecule has 0 saturated heterocycles. The van der Waals surface area contributed by atoms with Crippen molar-refractivity contribution in [3.63, 3.8) is 0 Å². The first-order chi connectivity index (χ1) is 15.4. The molecule has 5 aliphatic carbocycles. The van der Waals surface area contributed by atoms with Crippen LogP contribution in [0.4, 0.5) is 0 Å². The number of fused-ring (bicyclic) bond motifs is 2. The molecule has 1 N–H and O–H groups in total. The summed E-state index contributed by atoms with van der Waals surface area (Å²) in [6.07, 6.45) is 14.3. The molecule has 0 aliphatic heterocycles. The van der Waals surface area contributed by atoms with Crippen LogP contribution in [0.1, 0.15) is 112 Å². The Morgan fingerprint density at radius 3 is 2.30 bits per heavy atom. The molecule has 184 valence electrons. The molecule has 0 amide bonds. The molecule has 2 spiro atoms. The van der Waals surface area contributed by atoms with E-state index in [1.807, 2.05) is 0 Å². The van der Waals surface area contributed by atoms with E-state index in [0.717, 1.165) is 32.1 Å². The van der Waals surface area contributed by atoms with Crippen LogP contribution in [-0.2, 0) is 9.59 Å². The molecule has 5 aliphatic rings. The normalized spacial score (nSPS) is 48.1. The maximum atomic E-state index is 12.8. The Balaban J connectivity index is 1.44. The van der Waals surface area contributed by atoms with Crippen LogP contribution in [0.15, 0.2) is 11.6 Å². The number of carboxylic acid groups (broad SMARTS) is 1. The molecule has 0 bridgehead atoms. The molecule has 0 aromatic carbocycles. The van der Waals surface area contributed by atoms with Gasteiger partial charge in [0.1, 0.15) is 5.78 Å². The zero-order valence-electron chi connectivity index (χ0n) is 21.9. The summed E-state index contributed by atoms with van der Waals surface area (Å²) in [5.74, 6) is 1.25. The van der Waals surface area contributed by atoms with Crippen LogP contribution in [0.25, 0.3) is 0 Å². The van der Waals surface area contributed by atoms with E-state index in [4.69, 9.17) is 0 Å². The van der Waals surface area contributed by atoms with Gasteiger partial charge in [-0.2, -0.15) is 0 Å². The van der Waals surface area contributed by atoms with E-state index >= 15 is 0 Å². The molecule has 0 aromatic rings. The molecule has 0 heterocycles. The number of aliphatic carboxylic acids is 1. The fourth-order valence-corrected chi connectivity index (χ4v) is 10.9. The molecule has 3 heteroatoms. The van der Waals surface area contributed by atoms with Crippen molar-refractivity contribution in [2.45, 2.75) is 112 Å². The van der Waals surface area contributed by atoms with Crippen LogP contribution >= 0.6 is 0 Å². The fourth-order valence-electron chi connectivity index (χ4n) is 10.9. The first-order valence-electron chi connectivity index (χ1n) is 13.8. The number of rotatable bonds is 5. The van der Waals surface area contributed by atoms with Gasteiger partial charge in [-0.3, -0.25) is 9.59 Å². The second-order valence-electron chi connectivity index (χ2n) is 14.1. The summed E-state index contributed by atoms with van der Waals surface area (Å²) in [6, 6.07) is 0. The van der Waals surface area contributed by atoms with Gasteiger partial charge in [0.25, 0.3) is 0 Å². The van der Waals surface area contributed by atoms with Crippen LogP contribution in [0.5, 0.6) is 0 Å². The summed E-state index contributed by atoms with van der Waals surface area (Å²) in [5.41, 5.74) is 2.30. The third-order valence-electron chi connectivity index (χ3n) is 12.8. The molecular formula is C30H46O3. The molecule has 5 fully saturated rings. The summed E-state index contributed by atoms with van der Waals surface area (Å²) in [7, 11) is 0. The Labute approximate surface area is 201 Å². The van der Waals surface area contributed by atoms with Crippen molar-refractivity contribution in [1.29, 1.82) is 0 Å². The Morgan fingerprint density at radius 1 is 0.970 bits per heavy atom. The maximum absolute atomic E-state index is 12.8. The van der Waals surface area contributed by atoms with Crippen molar-refractivity contribution in [3.8, 4) is 0 Å². The summed E-state index contributed by atoms with van der Waals surface area (Å²) in [6.45, 7) is 13.7. The Hall–Kier alpha value is -1.12. The van der Waals surface area contributed by atoms with Crippen molar-refractivity contribution < 1.29 is 14.7 Å². The van der Waals surface area contributed by atoms with E-state index < -0.39 is 5.97 Å². The fraction of sp³-hybridized carbons (Fsp3) is 0.867. The first kappa shape index (κ1) is 23.6. The van der Waals surface area contributed by atoms with Crippen LogP contribution in [0, 0.1) is 50.7 Å². The second kappa shape index (κ2) is 7.20. The van der Waals surface area contributed by atoms with Crippen LogP contribution in [0.3, 0.4) is 0 Å². The number of hydrogen-bond donors (Lipinski definition) is 1. The van der Waals surface area contributed by atoms with Gasteiger partial charge in [0.05, 0.1) is 5.92 Å². The van der Waals surface area contributed by atoms with Crippen molar-refractivity contribution in [3.05, 3.63) is 11.6 Å². The van der Waals surface area contributed by atoms with Gasteiger partial charge in [-0.05, 0) is 117 Å². The van der Waals surface area contributed by atoms with Gasteiger partial charge in [-0.25, -0.2) is 0 Å². The quantitative estimate of drug-likeness (QED) is 0.439. The second-order valence-corrected chi connectivity index (χ2v) is 14.1. The van der Waals surface area contributed by atoms with Gasteiger partial charge in [0.2, 0.25) is 0 Å². The largest absolute Gasteiger partial charge is 0.481 e. The third kappa shape index (κ3) is 2.86. The molecule has 5 saturated carbocycles. The molecule has 8 atom stereocenters. The van der Waals surface area contributed by atoms with E-state index in [-0.39, 0.29) is 22.2 Å². The molecular weight excluding hydrogens is 408 g/mol. The van der Waals surface area contributed by atoms with Crippen molar-refractivity contribution in [2.24, 2.45) is 50.7 Å². The monoisotopic (exact) mass is 454 g/mol. The van der Waals surface area contributed by atoms with Gasteiger partial charge in [0.15, 0.2) is 0 Å². The summed E-state index contributed by atoms with van der Waals surface area (Å²) in [5, 5.41) is 10.3. The Morgan fingerprint density at radius 2 is 1.64 bits per heavy atom. The average molecular weight is 455 g/mol. The topological polar surface area (TPSA) is 54.4 Å². The predicted octanol–water partition coefficient (Wildman–Crippen LogP) is 7.44. The number of carboxylic acids is 1. The van der Waals surface area contributed by atoms with E-state index in [9.17, 15) is 14.7 Å². The Bertz CT molecular complexity index is 896. The minimum Gasteiger partial charge on any atom is -0.481 e. The van der Waals surface area contributed by atoms with Crippen molar-refractivity contribution in [1.82, 2.24) is 0 Å². The molecule has 0 aromatic heterocycles. The standard InChI is InChI=1S/C30H46O3/c1-19(2)8-7-9-20(25(32)33)21-12-14-28(6)23-11-10-22-26(3,4)24(31)13-15-29(22)18-30(23,29)17-16-27(21,28)5/h8,20-23H,7,9-18H2,1-6H3,(H,32,33)/t20-,21-,22+,23+,27-,28+,29-,30+/m1/s1. The summed E-state index contributed by atoms with van der Waals surface area (Å²) < 4.78 is 0. The number of carbonyl (C=O) groups excluding carboxylic acids is 1. The highest BCUT2D eigenvalue weighted by Crippen LogP contribution is 2.88. The lowest BCUT2D eigenvalue weighted by Gasteiger charge is -2.62. The predicted molar refractivity (Wildman–Crippen MR) is 132 cm³/mol. The Kier molecular flexibility index (Phi) is 5.15. The van der Waals surface area contributed by atoms with E-state index in [1.54, 1.807) is 0 Å². The van der Waals surface area contributed by atoms with Crippen molar-refractivity contribution in [2.75, 3.05) is 0 Å². The zero-order chi connectivity index (χ0) is 24.0. The van der Waals surface area contributed by atoms with E-state index in [1.165, 1.54) is 44.1 Å². The van der Waals surface area contributed by atoms with Gasteiger partial charge in [-0.1, -0.05) is 39.3 Å². The zero-order valence-corrected chi connectivity index (χ0v) is 21.9. The highest BCUT2D eigenvalue weighted by Gasteiger charge is 2.82. The number of carbonyl (C=O) groups is 2. The van der Waals surface area contributed by atoms with E-state index in [2.05, 4.69) is 47.6 Å². The van der Waals surface area contributed by atoms with E-state index in [0.29, 0.717) is 34.4 Å². The molecule has 3 nitrogen and oxygen atoms in total. The van der Waals surface area contributed by atoms with Gasteiger partial charge in [0, 0.05) is 11.8 Å². The number of Topliss-reactive ketones (excluding diaryl/α,β-unsaturated/α-hetero) is 1. The van der Waals surface area contributed by atoms with Crippen LogP contribution in [0.2, 0.25) is 0 Å². The number of ketones is 1. The minimum absolute atomic E-state index is 0.119. The first-order valence-corrected chi connectivity index (χ1v) is 13.8. The maximum Gasteiger partial charge on any atom is 0.306 e. The molecule has 0 radical (unpaired) electrons. The van der Waals surface area contributed by atoms with Gasteiger partial charge >= 0.3 is 5.97 Å². The lowest BCUT2D eigenvalue weighted by Crippen LogP contribution is -2.57. The average Bonchev–Trinajstić information content (AvgIpc) is 3.32. The van der Waals surface area contributed by atoms with Gasteiger partial charge < -0.3 is 5.11 Å². The third-order valence-corrected chi connectivity index (χ3v) is 12.8. The number of hydrogen-bond acceptors (Lipinski definition) is 2. The smallest absolute Gasteiger partial charge is 0.306 e. The van der Waals surface area contributed by atoms with Gasteiger partial charge in [-0.15, -0.1) is 0 Å². The summed E-state index contributed by atoms with van der Waals surface area (Å²) in [4.78, 5) is 25.3. The number of allylic oxidation sites excluding steroid dienone is 2. The summed E-state index contributed by atoms with van der Waals surface area (Å²) >= 11 is 0. The molecule has 0 unspecified atom stereocenters. The SMILES string of the molecule is CC(C)=CCC[C@@H](C(=O)O)[C@H]1CC[C@@]2(C)[C@@H]3CC[C@H]4C(C)(C)C(=O)CC[C@@]45C[C@@]35CC[C@]12C. The highest BCUT2D eigenvalue weighted by atomic mass is 16.4. The molecule has 5 rings (SSSR count). The molecule has 33 heavy (non-hydrogen) atoms. The minimum atomic E-state index is -0.577. The lowest BCUT2D eigenvalue weighted by molar-refractivity contribution is -0.162. The van der Waals surface area contributed by atoms with Crippen molar-refractivity contribution >= 4 is 11.8 Å². The highest BCUT2D eigenvalue weighted by molar-refractivity contribution is 5.86.